The summed E-state index contributed by atoms with van der Waals surface area (Å²) in [7, 11) is 0. The summed E-state index contributed by atoms with van der Waals surface area (Å²) in [4.78, 5) is 2.70. The third-order valence-electron chi connectivity index (χ3n) is 4.53. The maximum Gasteiger partial charge on any atom is 0.0247 e. The van der Waals surface area contributed by atoms with Crippen LogP contribution in [0, 0.1) is 18.8 Å². The number of piperazine rings is 1. The Bertz CT molecular complexity index is 439. The quantitative estimate of drug-likeness (QED) is 0.885. The van der Waals surface area contributed by atoms with E-state index in [9.17, 15) is 0 Å². The summed E-state index contributed by atoms with van der Waals surface area (Å²) < 4.78 is 0. The van der Waals surface area contributed by atoms with Gasteiger partial charge < -0.3 is 5.32 Å². The minimum Gasteiger partial charge on any atom is -0.311 e. The Balaban J connectivity index is 2.06. The van der Waals surface area contributed by atoms with E-state index in [1.165, 1.54) is 24.1 Å². The highest BCUT2D eigenvalue weighted by molar-refractivity contribution is 5.22. The number of benzene rings is 1. The van der Waals surface area contributed by atoms with Gasteiger partial charge in [-0.25, -0.2) is 0 Å². The smallest absolute Gasteiger partial charge is 0.0247 e. The number of rotatable bonds is 5. The van der Waals surface area contributed by atoms with Crippen LogP contribution in [0.2, 0.25) is 0 Å². The van der Waals surface area contributed by atoms with Gasteiger partial charge in [-0.05, 0) is 30.7 Å². The van der Waals surface area contributed by atoms with Crippen LogP contribution in [-0.2, 0) is 6.54 Å². The van der Waals surface area contributed by atoms with Crippen molar-refractivity contribution in [1.29, 1.82) is 0 Å². The van der Waals surface area contributed by atoms with Crippen molar-refractivity contribution in [2.75, 3.05) is 13.1 Å². The van der Waals surface area contributed by atoms with Crippen LogP contribution in [0.5, 0.6) is 0 Å². The van der Waals surface area contributed by atoms with E-state index in [4.69, 9.17) is 0 Å². The molecule has 1 aliphatic rings. The first-order valence-corrected chi connectivity index (χ1v) is 8.48. The summed E-state index contributed by atoms with van der Waals surface area (Å²) >= 11 is 0. The van der Waals surface area contributed by atoms with Crippen LogP contribution in [0.25, 0.3) is 0 Å². The normalized spacial score (nSPS) is 24.0. The van der Waals surface area contributed by atoms with Gasteiger partial charge in [-0.15, -0.1) is 0 Å². The molecule has 2 nitrogen and oxygen atoms in total. The Hall–Kier alpha value is -0.860. The van der Waals surface area contributed by atoms with E-state index in [0.717, 1.165) is 19.0 Å². The average molecular weight is 288 g/mol. The fourth-order valence-electron chi connectivity index (χ4n) is 3.51. The van der Waals surface area contributed by atoms with Gasteiger partial charge in [-0.3, -0.25) is 4.90 Å². The molecule has 1 saturated heterocycles. The van der Waals surface area contributed by atoms with Crippen LogP contribution in [0.1, 0.15) is 45.2 Å². The van der Waals surface area contributed by atoms with E-state index in [2.05, 4.69) is 69.1 Å². The van der Waals surface area contributed by atoms with E-state index in [0.29, 0.717) is 18.0 Å². The Morgan fingerprint density at radius 3 is 2.62 bits per heavy atom. The largest absolute Gasteiger partial charge is 0.311 e. The topological polar surface area (TPSA) is 15.3 Å². The SMILES string of the molecule is Cc1cccc(CN2CC(CC(C)C)NCC2C(C)C)c1. The van der Waals surface area contributed by atoms with Crippen LogP contribution in [0.3, 0.4) is 0 Å². The van der Waals surface area contributed by atoms with Gasteiger partial charge >= 0.3 is 0 Å². The average Bonchev–Trinajstić information content (AvgIpc) is 2.37. The fraction of sp³-hybridized carbons (Fsp3) is 0.684. The summed E-state index contributed by atoms with van der Waals surface area (Å²) in [5.74, 6) is 1.46. The lowest BCUT2D eigenvalue weighted by molar-refractivity contribution is 0.0852. The zero-order valence-corrected chi connectivity index (χ0v) is 14.4. The van der Waals surface area contributed by atoms with Gasteiger partial charge in [0.2, 0.25) is 0 Å². The molecule has 0 aromatic heterocycles. The molecule has 1 heterocycles. The molecule has 0 saturated carbocycles. The van der Waals surface area contributed by atoms with Crippen molar-refractivity contribution in [3.05, 3.63) is 35.4 Å². The molecule has 0 radical (unpaired) electrons. The van der Waals surface area contributed by atoms with Crippen LogP contribution in [0.15, 0.2) is 24.3 Å². The van der Waals surface area contributed by atoms with E-state index in [-0.39, 0.29) is 0 Å². The first kappa shape index (κ1) is 16.5. The van der Waals surface area contributed by atoms with Gasteiger partial charge in [0.1, 0.15) is 0 Å². The second-order valence-electron chi connectivity index (χ2n) is 7.46. The third kappa shape index (κ3) is 4.82. The number of hydrogen-bond acceptors (Lipinski definition) is 2. The minimum absolute atomic E-state index is 0.643. The Labute approximate surface area is 130 Å². The molecule has 0 aliphatic carbocycles. The summed E-state index contributed by atoms with van der Waals surface area (Å²) in [5.41, 5.74) is 2.81. The standard InChI is InChI=1S/C19H32N2/c1-14(2)9-18-13-21(19(11-20-18)15(3)4)12-17-8-6-7-16(5)10-17/h6-8,10,14-15,18-20H,9,11-13H2,1-5H3. The van der Waals surface area contributed by atoms with Gasteiger partial charge in [0.05, 0.1) is 0 Å². The van der Waals surface area contributed by atoms with Crippen LogP contribution >= 0.6 is 0 Å². The summed E-state index contributed by atoms with van der Waals surface area (Å²) in [6.45, 7) is 14.9. The summed E-state index contributed by atoms with van der Waals surface area (Å²) in [6, 6.07) is 10.3. The van der Waals surface area contributed by atoms with E-state index < -0.39 is 0 Å². The molecule has 2 atom stereocenters. The highest BCUT2D eigenvalue weighted by Crippen LogP contribution is 2.21. The van der Waals surface area contributed by atoms with Gasteiger partial charge in [0, 0.05) is 31.7 Å². The molecule has 1 aliphatic heterocycles. The van der Waals surface area contributed by atoms with Gasteiger partial charge in [0.15, 0.2) is 0 Å². The maximum atomic E-state index is 3.77. The molecule has 1 fully saturated rings. The van der Waals surface area contributed by atoms with Gasteiger partial charge in [0.25, 0.3) is 0 Å². The first-order valence-electron chi connectivity index (χ1n) is 8.48. The zero-order valence-electron chi connectivity index (χ0n) is 14.4. The summed E-state index contributed by atoms with van der Waals surface area (Å²) in [6.07, 6.45) is 1.27. The van der Waals surface area contributed by atoms with Crippen LogP contribution in [-0.4, -0.2) is 30.1 Å². The molecule has 1 N–H and O–H groups in total. The van der Waals surface area contributed by atoms with Crippen LogP contribution < -0.4 is 5.32 Å². The second-order valence-corrected chi connectivity index (χ2v) is 7.46. The molecule has 1 aromatic rings. The highest BCUT2D eigenvalue weighted by atomic mass is 15.2. The molecule has 0 bridgehead atoms. The number of nitrogens with zero attached hydrogens (tertiary/aromatic N) is 1. The van der Waals surface area contributed by atoms with Gasteiger partial charge in [-0.1, -0.05) is 57.5 Å². The third-order valence-corrected chi connectivity index (χ3v) is 4.53. The lowest BCUT2D eigenvalue weighted by atomic mass is 9.94. The molecule has 1 aromatic carbocycles. The lowest BCUT2D eigenvalue weighted by Gasteiger charge is -2.43. The molecular weight excluding hydrogens is 256 g/mol. The Kier molecular flexibility index (Phi) is 5.83. The number of nitrogens with one attached hydrogen (secondary N) is 1. The molecule has 0 spiro atoms. The first-order chi connectivity index (χ1) is 9.95. The van der Waals surface area contributed by atoms with Crippen molar-refractivity contribution in [3.63, 3.8) is 0 Å². The van der Waals surface area contributed by atoms with Crippen molar-refractivity contribution in [2.45, 2.75) is 59.7 Å². The van der Waals surface area contributed by atoms with E-state index in [1.54, 1.807) is 0 Å². The zero-order chi connectivity index (χ0) is 15.4. The molecule has 118 valence electrons. The number of aryl methyl sites for hydroxylation is 1. The minimum atomic E-state index is 0.643. The van der Waals surface area contributed by atoms with Gasteiger partial charge in [-0.2, -0.15) is 0 Å². The fourth-order valence-corrected chi connectivity index (χ4v) is 3.51. The molecular formula is C19H32N2. The predicted octanol–water partition coefficient (Wildman–Crippen LogP) is 3.84. The van der Waals surface area contributed by atoms with E-state index in [1.807, 2.05) is 0 Å². The highest BCUT2D eigenvalue weighted by Gasteiger charge is 2.29. The van der Waals surface area contributed by atoms with Crippen molar-refractivity contribution in [1.82, 2.24) is 10.2 Å². The maximum absolute atomic E-state index is 3.77. The second kappa shape index (κ2) is 7.42. The predicted molar refractivity (Wildman–Crippen MR) is 91.5 cm³/mol. The van der Waals surface area contributed by atoms with E-state index >= 15 is 0 Å². The Morgan fingerprint density at radius 2 is 2.00 bits per heavy atom. The monoisotopic (exact) mass is 288 g/mol. The van der Waals surface area contributed by atoms with Crippen molar-refractivity contribution in [3.8, 4) is 0 Å². The molecule has 21 heavy (non-hydrogen) atoms. The van der Waals surface area contributed by atoms with Crippen molar-refractivity contribution >= 4 is 0 Å². The van der Waals surface area contributed by atoms with Crippen molar-refractivity contribution in [2.24, 2.45) is 11.8 Å². The Morgan fingerprint density at radius 1 is 1.24 bits per heavy atom. The number of hydrogen-bond donors (Lipinski definition) is 1. The van der Waals surface area contributed by atoms with Crippen molar-refractivity contribution < 1.29 is 0 Å². The molecule has 2 heteroatoms. The molecule has 2 unspecified atom stereocenters. The molecule has 0 amide bonds. The summed E-state index contributed by atoms with van der Waals surface area (Å²) in [5, 5.41) is 3.77. The molecule has 2 rings (SSSR count). The van der Waals surface area contributed by atoms with Crippen LogP contribution in [0.4, 0.5) is 0 Å². The lowest BCUT2D eigenvalue weighted by Crippen LogP contribution is -2.58.